The molecule has 0 radical (unpaired) electrons. The van der Waals surface area contributed by atoms with Crippen LogP contribution in [0.15, 0.2) is 48.7 Å². The Kier molecular flexibility index (Phi) is 5.11. The van der Waals surface area contributed by atoms with Crippen LogP contribution < -0.4 is 5.32 Å². The first-order chi connectivity index (χ1) is 13.6. The highest BCUT2D eigenvalue weighted by Gasteiger charge is 2.54. The third kappa shape index (κ3) is 3.77. The molecule has 1 aliphatic carbocycles. The molecule has 1 aromatic heterocycles. The Bertz CT molecular complexity index is 850. The smallest absolute Gasteiger partial charge is 0.227 e. The molecule has 1 N–H and O–H groups in total. The van der Waals surface area contributed by atoms with E-state index < -0.39 is 0 Å². The lowest BCUT2D eigenvalue weighted by atomic mass is 9.62. The van der Waals surface area contributed by atoms with E-state index in [4.69, 9.17) is 0 Å². The van der Waals surface area contributed by atoms with Crippen LogP contribution in [0, 0.1) is 17.2 Å². The maximum atomic E-state index is 13.1. The molecule has 2 aliphatic rings. The summed E-state index contributed by atoms with van der Waals surface area (Å²) < 4.78 is 13.1. The predicted molar refractivity (Wildman–Crippen MR) is 103 cm³/mol. The summed E-state index contributed by atoms with van der Waals surface area (Å²) in [6.45, 7) is 1.48. The van der Waals surface area contributed by atoms with Crippen molar-refractivity contribution in [3.63, 3.8) is 0 Å². The van der Waals surface area contributed by atoms with Crippen molar-refractivity contribution in [2.45, 2.75) is 32.2 Å². The minimum atomic E-state index is -0.310. The second-order valence-electron chi connectivity index (χ2n) is 7.88. The van der Waals surface area contributed by atoms with Gasteiger partial charge in [-0.1, -0.05) is 24.6 Å². The fourth-order valence-electron chi connectivity index (χ4n) is 4.35. The van der Waals surface area contributed by atoms with Crippen LogP contribution in [0.5, 0.6) is 0 Å². The maximum absolute atomic E-state index is 13.1. The highest BCUT2D eigenvalue weighted by molar-refractivity contribution is 5.84. The first kappa shape index (κ1) is 18.6. The van der Waals surface area contributed by atoms with Crippen LogP contribution >= 0.6 is 0 Å². The van der Waals surface area contributed by atoms with Gasteiger partial charge in [-0.05, 0) is 42.7 Å². The molecule has 1 saturated heterocycles. The summed E-state index contributed by atoms with van der Waals surface area (Å²) in [5, 5.41) is 3.00. The minimum absolute atomic E-state index is 0.00194. The van der Waals surface area contributed by atoms with Crippen LogP contribution in [0.3, 0.4) is 0 Å². The van der Waals surface area contributed by atoms with Crippen molar-refractivity contribution < 1.29 is 14.0 Å². The van der Waals surface area contributed by atoms with Gasteiger partial charge < -0.3 is 10.2 Å². The summed E-state index contributed by atoms with van der Waals surface area (Å²) in [4.78, 5) is 31.7. The van der Waals surface area contributed by atoms with Crippen molar-refractivity contribution in [2.24, 2.45) is 11.3 Å². The van der Waals surface area contributed by atoms with Crippen molar-refractivity contribution in [2.75, 3.05) is 13.1 Å². The molecule has 2 aromatic rings. The van der Waals surface area contributed by atoms with E-state index in [0.717, 1.165) is 30.5 Å². The first-order valence-corrected chi connectivity index (χ1v) is 9.76. The number of hydrogen-bond donors (Lipinski definition) is 1. The van der Waals surface area contributed by atoms with E-state index in [1.807, 2.05) is 23.1 Å². The number of halogens is 1. The van der Waals surface area contributed by atoms with Gasteiger partial charge in [0.1, 0.15) is 5.82 Å². The molecule has 1 saturated carbocycles. The van der Waals surface area contributed by atoms with Crippen LogP contribution in [-0.4, -0.2) is 34.8 Å². The highest BCUT2D eigenvalue weighted by atomic mass is 19.1. The fourth-order valence-corrected chi connectivity index (χ4v) is 4.35. The van der Waals surface area contributed by atoms with Gasteiger partial charge in [0, 0.05) is 24.7 Å². The minimum Gasteiger partial charge on any atom is -0.350 e. The summed E-state index contributed by atoms with van der Waals surface area (Å²) >= 11 is 0. The van der Waals surface area contributed by atoms with E-state index in [0.29, 0.717) is 19.6 Å². The number of aromatic nitrogens is 1. The molecule has 4 rings (SSSR count). The van der Waals surface area contributed by atoms with E-state index in [1.165, 1.54) is 12.1 Å². The average molecular weight is 381 g/mol. The van der Waals surface area contributed by atoms with E-state index >= 15 is 0 Å². The monoisotopic (exact) mass is 381 g/mol. The number of amides is 2. The maximum Gasteiger partial charge on any atom is 0.227 e. The molecule has 0 bridgehead atoms. The van der Waals surface area contributed by atoms with Gasteiger partial charge in [-0.15, -0.1) is 0 Å². The number of nitrogens with zero attached hydrogens (tertiary/aromatic N) is 2. The molecular formula is C22H24FN3O2. The van der Waals surface area contributed by atoms with Gasteiger partial charge in [-0.3, -0.25) is 14.6 Å². The first-order valence-electron chi connectivity index (χ1n) is 9.76. The fraction of sp³-hybridized carbons (Fsp3) is 0.409. The standard InChI is InChI=1S/C22H24FN3O2/c23-17-7-5-16(6-8-17)12-20(27)26-14-19(22(15-26)9-3-10-22)21(28)25-13-18-4-1-2-11-24-18/h1-2,4-8,11,19H,3,9-10,12-15H2,(H,25,28). The Labute approximate surface area is 164 Å². The Morgan fingerprint density at radius 3 is 2.61 bits per heavy atom. The van der Waals surface area contributed by atoms with Crippen LogP contribution in [0.2, 0.25) is 0 Å². The van der Waals surface area contributed by atoms with Gasteiger partial charge in [0.15, 0.2) is 0 Å². The molecule has 1 atom stereocenters. The third-order valence-corrected chi connectivity index (χ3v) is 6.10. The van der Waals surface area contributed by atoms with E-state index in [1.54, 1.807) is 18.3 Å². The number of rotatable bonds is 5. The summed E-state index contributed by atoms with van der Waals surface area (Å²) in [5.41, 5.74) is 1.52. The molecule has 28 heavy (non-hydrogen) atoms. The topological polar surface area (TPSA) is 62.3 Å². The third-order valence-electron chi connectivity index (χ3n) is 6.10. The predicted octanol–water partition coefficient (Wildman–Crippen LogP) is 2.71. The number of carbonyl (C=O) groups excluding carboxylic acids is 2. The van der Waals surface area contributed by atoms with Crippen molar-refractivity contribution >= 4 is 11.8 Å². The van der Waals surface area contributed by atoms with Gasteiger partial charge in [0.2, 0.25) is 11.8 Å². The lowest BCUT2D eigenvalue weighted by Gasteiger charge is -2.41. The largest absolute Gasteiger partial charge is 0.350 e. The van der Waals surface area contributed by atoms with Crippen LogP contribution in [-0.2, 0) is 22.6 Å². The Balaban J connectivity index is 1.39. The van der Waals surface area contributed by atoms with Crippen molar-refractivity contribution in [3.8, 4) is 0 Å². The Morgan fingerprint density at radius 1 is 1.18 bits per heavy atom. The van der Waals surface area contributed by atoms with Gasteiger partial charge in [-0.25, -0.2) is 4.39 Å². The van der Waals surface area contributed by atoms with Gasteiger partial charge in [0.05, 0.1) is 24.6 Å². The Morgan fingerprint density at radius 2 is 1.96 bits per heavy atom. The molecule has 5 nitrogen and oxygen atoms in total. The Hall–Kier alpha value is -2.76. The summed E-state index contributed by atoms with van der Waals surface area (Å²) in [7, 11) is 0. The van der Waals surface area contributed by atoms with E-state index in [2.05, 4.69) is 10.3 Å². The molecule has 146 valence electrons. The summed E-state index contributed by atoms with van der Waals surface area (Å²) in [6, 6.07) is 11.6. The lowest BCUT2D eigenvalue weighted by Crippen LogP contribution is -2.45. The second-order valence-corrected chi connectivity index (χ2v) is 7.88. The lowest BCUT2D eigenvalue weighted by molar-refractivity contribution is -0.130. The second kappa shape index (κ2) is 7.70. The van der Waals surface area contributed by atoms with E-state index in [-0.39, 0.29) is 35.4 Å². The van der Waals surface area contributed by atoms with Gasteiger partial charge in [-0.2, -0.15) is 0 Å². The molecule has 2 heterocycles. The number of benzene rings is 1. The van der Waals surface area contributed by atoms with E-state index in [9.17, 15) is 14.0 Å². The number of nitrogens with one attached hydrogen (secondary N) is 1. The molecule has 1 aromatic carbocycles. The molecule has 2 fully saturated rings. The van der Waals surface area contributed by atoms with Gasteiger partial charge >= 0.3 is 0 Å². The number of pyridine rings is 1. The van der Waals surface area contributed by atoms with Crippen molar-refractivity contribution in [1.29, 1.82) is 0 Å². The van der Waals surface area contributed by atoms with Gasteiger partial charge in [0.25, 0.3) is 0 Å². The SMILES string of the molecule is O=C(NCc1ccccn1)C1CN(C(=O)Cc2ccc(F)cc2)CC12CCC2. The normalized spacial score (nSPS) is 20.0. The number of hydrogen-bond acceptors (Lipinski definition) is 3. The molecule has 1 aliphatic heterocycles. The molecule has 2 amide bonds. The number of carbonyl (C=O) groups is 2. The zero-order valence-electron chi connectivity index (χ0n) is 15.7. The molecule has 1 spiro atoms. The molecular weight excluding hydrogens is 357 g/mol. The van der Waals surface area contributed by atoms with Crippen molar-refractivity contribution in [3.05, 3.63) is 65.7 Å². The number of likely N-dealkylation sites (tertiary alicyclic amines) is 1. The quantitative estimate of drug-likeness (QED) is 0.866. The summed E-state index contributed by atoms with van der Waals surface area (Å²) in [6.07, 6.45) is 5.01. The summed E-state index contributed by atoms with van der Waals surface area (Å²) in [5.74, 6) is -0.488. The van der Waals surface area contributed by atoms with Crippen molar-refractivity contribution in [1.82, 2.24) is 15.2 Å². The highest BCUT2D eigenvalue weighted by Crippen LogP contribution is 2.51. The zero-order chi connectivity index (χ0) is 19.6. The average Bonchev–Trinajstić information content (AvgIpc) is 3.10. The zero-order valence-corrected chi connectivity index (χ0v) is 15.7. The molecule has 6 heteroatoms. The van der Waals surface area contributed by atoms with Crippen LogP contribution in [0.4, 0.5) is 4.39 Å². The molecule has 1 unspecified atom stereocenters. The van der Waals surface area contributed by atoms with Crippen LogP contribution in [0.1, 0.15) is 30.5 Å². The van der Waals surface area contributed by atoms with Crippen LogP contribution in [0.25, 0.3) is 0 Å².